The second-order valence-electron chi connectivity index (χ2n) is 4.34. The summed E-state index contributed by atoms with van der Waals surface area (Å²) in [5.74, 6) is -0.346. The number of esters is 1. The summed E-state index contributed by atoms with van der Waals surface area (Å²) >= 11 is 3.41. The lowest BCUT2D eigenvalue weighted by Crippen LogP contribution is -2.23. The Morgan fingerprint density at radius 1 is 1.40 bits per heavy atom. The summed E-state index contributed by atoms with van der Waals surface area (Å²) in [4.78, 5) is 16.1. The smallest absolute Gasteiger partial charge is 0.333 e. The first-order chi connectivity index (χ1) is 9.61. The number of halogens is 1. The Hall–Kier alpha value is -1.88. The lowest BCUT2D eigenvalue weighted by Gasteiger charge is -2.19. The standard InChI is InChI=1S/C15H15BrN2O2/c1-10-6-7-17-9-13(10)14(15(19)20-2)18-12-5-3-4-11(16)8-12/h3-9,14,18H,1-2H3. The Bertz CT molecular complexity index is 616. The first kappa shape index (κ1) is 14.5. The van der Waals surface area contributed by atoms with Gasteiger partial charge in [-0.1, -0.05) is 22.0 Å². The van der Waals surface area contributed by atoms with Crippen molar-refractivity contribution >= 4 is 27.6 Å². The Morgan fingerprint density at radius 2 is 2.20 bits per heavy atom. The van der Waals surface area contributed by atoms with E-state index in [1.54, 1.807) is 12.4 Å². The van der Waals surface area contributed by atoms with Crippen LogP contribution in [-0.4, -0.2) is 18.1 Å². The van der Waals surface area contributed by atoms with Crippen LogP contribution in [0.25, 0.3) is 0 Å². The highest BCUT2D eigenvalue weighted by molar-refractivity contribution is 9.10. The predicted octanol–water partition coefficient (Wildman–Crippen LogP) is 3.48. The number of anilines is 1. The van der Waals surface area contributed by atoms with Gasteiger partial charge in [-0.25, -0.2) is 4.79 Å². The largest absolute Gasteiger partial charge is 0.467 e. The first-order valence-electron chi connectivity index (χ1n) is 6.12. The molecule has 1 aromatic carbocycles. The first-order valence-corrected chi connectivity index (χ1v) is 6.91. The minimum Gasteiger partial charge on any atom is -0.467 e. The highest BCUT2D eigenvalue weighted by Gasteiger charge is 2.23. The number of carbonyl (C=O) groups excluding carboxylic acids is 1. The van der Waals surface area contributed by atoms with Crippen LogP contribution >= 0.6 is 15.9 Å². The Morgan fingerprint density at radius 3 is 2.85 bits per heavy atom. The van der Waals surface area contributed by atoms with Crippen LogP contribution in [0.2, 0.25) is 0 Å². The molecule has 1 aromatic heterocycles. The average molecular weight is 335 g/mol. The number of hydrogen-bond donors (Lipinski definition) is 1. The summed E-state index contributed by atoms with van der Waals surface area (Å²) in [6.45, 7) is 1.94. The third-order valence-electron chi connectivity index (χ3n) is 2.96. The topological polar surface area (TPSA) is 51.2 Å². The van der Waals surface area contributed by atoms with Crippen LogP contribution < -0.4 is 5.32 Å². The van der Waals surface area contributed by atoms with Gasteiger partial charge in [-0.3, -0.25) is 4.98 Å². The zero-order valence-corrected chi connectivity index (χ0v) is 12.8. The summed E-state index contributed by atoms with van der Waals surface area (Å²) in [5, 5.41) is 3.18. The Labute approximate surface area is 126 Å². The van der Waals surface area contributed by atoms with E-state index in [0.717, 1.165) is 21.3 Å². The summed E-state index contributed by atoms with van der Waals surface area (Å²) in [6.07, 6.45) is 3.38. The van der Waals surface area contributed by atoms with Gasteiger partial charge in [0.25, 0.3) is 0 Å². The van der Waals surface area contributed by atoms with Crippen LogP contribution in [-0.2, 0) is 9.53 Å². The van der Waals surface area contributed by atoms with E-state index in [-0.39, 0.29) is 5.97 Å². The van der Waals surface area contributed by atoms with Crippen LogP contribution in [0.5, 0.6) is 0 Å². The zero-order valence-electron chi connectivity index (χ0n) is 11.3. The van der Waals surface area contributed by atoms with Crippen molar-refractivity contribution in [2.75, 3.05) is 12.4 Å². The maximum absolute atomic E-state index is 12.0. The fraction of sp³-hybridized carbons (Fsp3) is 0.200. The van der Waals surface area contributed by atoms with E-state index < -0.39 is 6.04 Å². The highest BCUT2D eigenvalue weighted by atomic mass is 79.9. The summed E-state index contributed by atoms with van der Waals surface area (Å²) in [6, 6.07) is 8.91. The molecule has 0 aliphatic carbocycles. The minimum absolute atomic E-state index is 0.346. The number of hydrogen-bond acceptors (Lipinski definition) is 4. The number of ether oxygens (including phenoxy) is 1. The Balaban J connectivity index is 2.34. The number of nitrogens with zero attached hydrogens (tertiary/aromatic N) is 1. The van der Waals surface area contributed by atoms with Crippen molar-refractivity contribution < 1.29 is 9.53 Å². The number of methoxy groups -OCH3 is 1. The van der Waals surface area contributed by atoms with Crippen molar-refractivity contribution in [2.24, 2.45) is 0 Å². The molecule has 0 bridgehead atoms. The van der Waals surface area contributed by atoms with Gasteiger partial charge in [0.2, 0.25) is 0 Å². The summed E-state index contributed by atoms with van der Waals surface area (Å²) in [5.41, 5.74) is 2.62. The number of nitrogens with one attached hydrogen (secondary N) is 1. The summed E-state index contributed by atoms with van der Waals surface area (Å²) < 4.78 is 5.82. The van der Waals surface area contributed by atoms with Crippen molar-refractivity contribution in [3.63, 3.8) is 0 Å². The monoisotopic (exact) mass is 334 g/mol. The van der Waals surface area contributed by atoms with E-state index in [4.69, 9.17) is 4.74 Å². The van der Waals surface area contributed by atoms with Crippen molar-refractivity contribution in [2.45, 2.75) is 13.0 Å². The quantitative estimate of drug-likeness (QED) is 0.869. The van der Waals surface area contributed by atoms with Crippen LogP contribution in [0.15, 0.2) is 47.2 Å². The normalized spacial score (nSPS) is 11.8. The second-order valence-corrected chi connectivity index (χ2v) is 5.26. The van der Waals surface area contributed by atoms with Gasteiger partial charge in [-0.05, 0) is 36.8 Å². The average Bonchev–Trinajstić information content (AvgIpc) is 2.45. The molecule has 0 spiro atoms. The van der Waals surface area contributed by atoms with E-state index in [1.165, 1.54) is 7.11 Å². The molecule has 20 heavy (non-hydrogen) atoms. The van der Waals surface area contributed by atoms with Crippen LogP contribution in [0.1, 0.15) is 17.2 Å². The number of pyridine rings is 1. The van der Waals surface area contributed by atoms with Gasteiger partial charge in [-0.15, -0.1) is 0 Å². The molecule has 4 nitrogen and oxygen atoms in total. The van der Waals surface area contributed by atoms with Crippen molar-refractivity contribution in [3.8, 4) is 0 Å². The molecule has 1 N–H and O–H groups in total. The molecule has 0 fully saturated rings. The molecule has 0 aliphatic rings. The van der Waals surface area contributed by atoms with Crippen molar-refractivity contribution in [1.82, 2.24) is 4.98 Å². The number of aromatic nitrogens is 1. The predicted molar refractivity (Wildman–Crippen MR) is 81.5 cm³/mol. The van der Waals surface area contributed by atoms with Crippen LogP contribution in [0, 0.1) is 6.92 Å². The van der Waals surface area contributed by atoms with Crippen LogP contribution in [0.4, 0.5) is 5.69 Å². The molecule has 1 atom stereocenters. The number of rotatable bonds is 4. The Kier molecular flexibility index (Phi) is 4.74. The molecule has 104 valence electrons. The van der Waals surface area contributed by atoms with E-state index in [0.29, 0.717) is 0 Å². The number of aryl methyl sites for hydroxylation is 1. The van der Waals surface area contributed by atoms with Crippen molar-refractivity contribution in [1.29, 1.82) is 0 Å². The lowest BCUT2D eigenvalue weighted by molar-refractivity contribution is -0.141. The van der Waals surface area contributed by atoms with Gasteiger partial charge >= 0.3 is 5.97 Å². The maximum Gasteiger partial charge on any atom is 0.333 e. The third-order valence-corrected chi connectivity index (χ3v) is 3.46. The second kappa shape index (κ2) is 6.52. The molecule has 2 aromatic rings. The van der Waals surface area contributed by atoms with Gasteiger partial charge < -0.3 is 10.1 Å². The fourth-order valence-electron chi connectivity index (χ4n) is 1.90. The molecular weight excluding hydrogens is 320 g/mol. The molecule has 0 aliphatic heterocycles. The molecule has 0 amide bonds. The van der Waals surface area contributed by atoms with E-state index in [1.807, 2.05) is 37.3 Å². The van der Waals surface area contributed by atoms with Gasteiger partial charge in [0, 0.05) is 28.1 Å². The summed E-state index contributed by atoms with van der Waals surface area (Å²) in [7, 11) is 1.38. The minimum atomic E-state index is -0.581. The zero-order chi connectivity index (χ0) is 14.5. The molecule has 2 rings (SSSR count). The fourth-order valence-corrected chi connectivity index (χ4v) is 2.30. The molecule has 1 heterocycles. The van der Waals surface area contributed by atoms with E-state index in [2.05, 4.69) is 26.2 Å². The molecular formula is C15H15BrN2O2. The van der Waals surface area contributed by atoms with E-state index in [9.17, 15) is 4.79 Å². The molecule has 0 radical (unpaired) electrons. The molecule has 1 unspecified atom stereocenters. The third kappa shape index (κ3) is 3.36. The molecule has 5 heteroatoms. The van der Waals surface area contributed by atoms with Gasteiger partial charge in [0.1, 0.15) is 0 Å². The number of benzene rings is 1. The highest BCUT2D eigenvalue weighted by Crippen LogP contribution is 2.24. The van der Waals surface area contributed by atoms with Crippen molar-refractivity contribution in [3.05, 3.63) is 58.3 Å². The van der Waals surface area contributed by atoms with Crippen LogP contribution in [0.3, 0.4) is 0 Å². The van der Waals surface area contributed by atoms with Gasteiger partial charge in [0.15, 0.2) is 6.04 Å². The molecule has 0 saturated heterocycles. The molecule has 0 saturated carbocycles. The SMILES string of the molecule is COC(=O)C(Nc1cccc(Br)c1)c1cnccc1C. The van der Waals surface area contributed by atoms with E-state index >= 15 is 0 Å². The lowest BCUT2D eigenvalue weighted by atomic mass is 10.0. The number of carbonyl (C=O) groups is 1. The van der Waals surface area contributed by atoms with Gasteiger partial charge in [-0.2, -0.15) is 0 Å². The van der Waals surface area contributed by atoms with Gasteiger partial charge in [0.05, 0.1) is 7.11 Å². The maximum atomic E-state index is 12.0.